The molecule has 1 aliphatic rings. The average Bonchev–Trinajstić information content (AvgIpc) is 2.90. The van der Waals surface area contributed by atoms with Crippen molar-refractivity contribution in [2.75, 3.05) is 0 Å². The number of aromatic nitrogens is 3. The molecule has 0 aliphatic heterocycles. The molecule has 0 aromatic carbocycles. The van der Waals surface area contributed by atoms with Gasteiger partial charge in [-0.25, -0.2) is 9.97 Å². The smallest absolute Gasteiger partial charge is 0.108 e. The summed E-state index contributed by atoms with van der Waals surface area (Å²) < 4.78 is 3.20. The maximum atomic E-state index is 4.50. The monoisotopic (exact) mass is 251 g/mol. The lowest BCUT2D eigenvalue weighted by Crippen LogP contribution is -1.96. The van der Waals surface area contributed by atoms with Crippen LogP contribution >= 0.6 is 15.9 Å². The van der Waals surface area contributed by atoms with Crippen molar-refractivity contribution in [1.29, 1.82) is 0 Å². The van der Waals surface area contributed by atoms with Crippen molar-refractivity contribution >= 4 is 27.0 Å². The van der Waals surface area contributed by atoms with Gasteiger partial charge in [-0.05, 0) is 41.8 Å². The van der Waals surface area contributed by atoms with Crippen molar-refractivity contribution in [2.45, 2.75) is 25.8 Å². The third-order valence-corrected chi connectivity index (χ3v) is 3.06. The van der Waals surface area contributed by atoms with Crippen LogP contribution in [0.15, 0.2) is 16.9 Å². The minimum Gasteiger partial charge on any atom is -0.325 e. The van der Waals surface area contributed by atoms with E-state index < -0.39 is 0 Å². The Morgan fingerprint density at radius 2 is 2.29 bits per heavy atom. The second-order valence-electron chi connectivity index (χ2n) is 3.76. The molecule has 3 nitrogen and oxygen atoms in total. The minimum absolute atomic E-state index is 0.675. The maximum absolute atomic E-state index is 4.50. The molecule has 4 heteroatoms. The van der Waals surface area contributed by atoms with Crippen LogP contribution < -0.4 is 0 Å². The van der Waals surface area contributed by atoms with Gasteiger partial charge in [0.2, 0.25) is 0 Å². The van der Waals surface area contributed by atoms with Gasteiger partial charge in [-0.2, -0.15) is 0 Å². The fraction of sp³-hybridized carbons (Fsp3) is 0.400. The van der Waals surface area contributed by atoms with Crippen molar-refractivity contribution in [3.63, 3.8) is 0 Å². The zero-order valence-electron chi connectivity index (χ0n) is 7.87. The first kappa shape index (κ1) is 8.41. The van der Waals surface area contributed by atoms with Gasteiger partial charge in [0, 0.05) is 6.04 Å². The second-order valence-corrected chi connectivity index (χ2v) is 4.57. The highest BCUT2D eigenvalue weighted by atomic mass is 79.9. The zero-order valence-corrected chi connectivity index (χ0v) is 9.45. The molecule has 0 radical (unpaired) electrons. The Hall–Kier alpha value is -0.900. The molecule has 1 saturated carbocycles. The van der Waals surface area contributed by atoms with E-state index in [2.05, 4.69) is 37.4 Å². The van der Waals surface area contributed by atoms with E-state index in [0.29, 0.717) is 6.04 Å². The molecule has 2 heterocycles. The summed E-state index contributed by atoms with van der Waals surface area (Å²) in [4.78, 5) is 8.68. The summed E-state index contributed by atoms with van der Waals surface area (Å²) in [6.45, 7) is 2.06. The number of pyridine rings is 1. The Bertz CT molecular complexity index is 499. The van der Waals surface area contributed by atoms with Gasteiger partial charge in [0.25, 0.3) is 0 Å². The molecule has 2 aromatic rings. The lowest BCUT2D eigenvalue weighted by Gasteiger charge is -2.03. The molecule has 0 saturated heterocycles. The molecule has 3 rings (SSSR count). The number of imidazole rings is 1. The van der Waals surface area contributed by atoms with Gasteiger partial charge < -0.3 is 4.57 Å². The lowest BCUT2D eigenvalue weighted by molar-refractivity contribution is 0.733. The summed E-state index contributed by atoms with van der Waals surface area (Å²) >= 11 is 3.39. The van der Waals surface area contributed by atoms with Crippen LogP contribution in [-0.4, -0.2) is 14.5 Å². The summed E-state index contributed by atoms with van der Waals surface area (Å²) in [5, 5.41) is 0. The van der Waals surface area contributed by atoms with Crippen molar-refractivity contribution in [3.8, 4) is 0 Å². The quantitative estimate of drug-likeness (QED) is 0.730. The second kappa shape index (κ2) is 2.79. The topological polar surface area (TPSA) is 30.7 Å². The van der Waals surface area contributed by atoms with Crippen LogP contribution in [0.25, 0.3) is 11.0 Å². The number of rotatable bonds is 1. The molecule has 0 atom stereocenters. The molecule has 1 aliphatic carbocycles. The molecule has 0 unspecified atom stereocenters. The first-order valence-corrected chi connectivity index (χ1v) is 5.55. The SMILES string of the molecule is Cc1nc2cnc(Br)cc2n1C1CC1. The van der Waals surface area contributed by atoms with E-state index in [-0.39, 0.29) is 0 Å². The normalized spacial score (nSPS) is 16.4. The summed E-state index contributed by atoms with van der Waals surface area (Å²) in [6, 6.07) is 2.72. The van der Waals surface area contributed by atoms with E-state index in [0.717, 1.165) is 15.9 Å². The van der Waals surface area contributed by atoms with Crippen LogP contribution in [0.4, 0.5) is 0 Å². The van der Waals surface area contributed by atoms with Crippen LogP contribution in [0, 0.1) is 6.92 Å². The van der Waals surface area contributed by atoms with Crippen molar-refractivity contribution in [2.24, 2.45) is 0 Å². The number of fused-ring (bicyclic) bond motifs is 1. The van der Waals surface area contributed by atoms with Crippen LogP contribution in [-0.2, 0) is 0 Å². The number of nitrogens with zero attached hydrogens (tertiary/aromatic N) is 3. The lowest BCUT2D eigenvalue weighted by atomic mass is 10.4. The van der Waals surface area contributed by atoms with Crippen molar-refractivity contribution in [3.05, 3.63) is 22.7 Å². The summed E-state index contributed by atoms with van der Waals surface area (Å²) in [7, 11) is 0. The highest BCUT2D eigenvalue weighted by molar-refractivity contribution is 9.10. The first-order valence-electron chi connectivity index (χ1n) is 4.76. The summed E-state index contributed by atoms with van der Waals surface area (Å²) in [6.07, 6.45) is 4.39. The third kappa shape index (κ3) is 1.17. The van der Waals surface area contributed by atoms with E-state index in [4.69, 9.17) is 0 Å². The van der Waals surface area contributed by atoms with Gasteiger partial charge in [0.05, 0.1) is 11.7 Å². The van der Waals surface area contributed by atoms with E-state index in [1.54, 1.807) is 0 Å². The fourth-order valence-corrected chi connectivity index (χ4v) is 2.21. The Balaban J connectivity index is 2.34. The van der Waals surface area contributed by atoms with Crippen molar-refractivity contribution in [1.82, 2.24) is 14.5 Å². The number of hydrogen-bond donors (Lipinski definition) is 0. The van der Waals surface area contributed by atoms with E-state index in [1.165, 1.54) is 18.4 Å². The van der Waals surface area contributed by atoms with Crippen LogP contribution in [0.3, 0.4) is 0 Å². The average molecular weight is 252 g/mol. The number of hydrogen-bond acceptors (Lipinski definition) is 2. The minimum atomic E-state index is 0.675. The zero-order chi connectivity index (χ0) is 9.71. The van der Waals surface area contributed by atoms with Gasteiger partial charge >= 0.3 is 0 Å². The first-order chi connectivity index (χ1) is 6.75. The molecule has 0 N–H and O–H groups in total. The summed E-state index contributed by atoms with van der Waals surface area (Å²) in [5.74, 6) is 1.10. The predicted octanol–water partition coefficient (Wildman–Crippen LogP) is 2.84. The molecular weight excluding hydrogens is 242 g/mol. The predicted molar refractivity (Wildman–Crippen MR) is 58.2 cm³/mol. The van der Waals surface area contributed by atoms with E-state index in [1.807, 2.05) is 12.3 Å². The van der Waals surface area contributed by atoms with Gasteiger partial charge in [-0.15, -0.1) is 0 Å². The Kier molecular flexibility index (Phi) is 1.68. The Morgan fingerprint density at radius 3 is 3.00 bits per heavy atom. The standard InChI is InChI=1S/C10H10BrN3/c1-6-13-8-5-12-10(11)4-9(8)14(6)7-2-3-7/h4-5,7H,2-3H2,1H3. The molecule has 2 aromatic heterocycles. The van der Waals surface area contributed by atoms with Crippen molar-refractivity contribution < 1.29 is 0 Å². The number of aryl methyl sites for hydroxylation is 1. The molecule has 14 heavy (non-hydrogen) atoms. The van der Waals surface area contributed by atoms with Gasteiger partial charge in [0.1, 0.15) is 15.9 Å². The number of halogens is 1. The molecule has 0 amide bonds. The molecule has 1 fully saturated rings. The summed E-state index contributed by atoms with van der Waals surface area (Å²) in [5.41, 5.74) is 2.20. The molecule has 72 valence electrons. The van der Waals surface area contributed by atoms with E-state index in [9.17, 15) is 0 Å². The molecule has 0 spiro atoms. The third-order valence-electron chi connectivity index (χ3n) is 2.63. The van der Waals surface area contributed by atoms with Gasteiger partial charge in [-0.3, -0.25) is 0 Å². The largest absolute Gasteiger partial charge is 0.325 e. The van der Waals surface area contributed by atoms with Crippen LogP contribution in [0.2, 0.25) is 0 Å². The van der Waals surface area contributed by atoms with E-state index >= 15 is 0 Å². The molecular formula is C10H10BrN3. The Labute approximate surface area is 90.3 Å². The highest BCUT2D eigenvalue weighted by Gasteiger charge is 2.26. The van der Waals surface area contributed by atoms with Crippen LogP contribution in [0.1, 0.15) is 24.7 Å². The highest BCUT2D eigenvalue weighted by Crippen LogP contribution is 2.38. The molecule has 0 bridgehead atoms. The van der Waals surface area contributed by atoms with Crippen LogP contribution in [0.5, 0.6) is 0 Å². The van der Waals surface area contributed by atoms with Gasteiger partial charge in [0.15, 0.2) is 0 Å². The fourth-order valence-electron chi connectivity index (χ4n) is 1.89. The van der Waals surface area contributed by atoms with Gasteiger partial charge in [-0.1, -0.05) is 0 Å². The maximum Gasteiger partial charge on any atom is 0.108 e. The Morgan fingerprint density at radius 1 is 1.50 bits per heavy atom.